The van der Waals surface area contributed by atoms with Crippen molar-refractivity contribution in [3.63, 3.8) is 0 Å². The summed E-state index contributed by atoms with van der Waals surface area (Å²) in [6, 6.07) is 2.61. The summed E-state index contributed by atoms with van der Waals surface area (Å²) >= 11 is 17.0. The van der Waals surface area contributed by atoms with E-state index in [2.05, 4.69) is 9.82 Å². The number of halogens is 6. The average Bonchev–Trinajstić information content (AvgIpc) is 2.84. The van der Waals surface area contributed by atoms with E-state index < -0.39 is 27.0 Å². The molecule has 0 amide bonds. The van der Waals surface area contributed by atoms with Crippen molar-refractivity contribution < 1.29 is 21.6 Å². The van der Waals surface area contributed by atoms with Crippen LogP contribution >= 0.6 is 34.8 Å². The van der Waals surface area contributed by atoms with Gasteiger partial charge in [0.05, 0.1) is 21.8 Å². The Hall–Kier alpha value is -1.16. The molecule has 0 fully saturated rings. The molecular formula is C11H7Cl3F3N3O2S. The van der Waals surface area contributed by atoms with Crippen molar-refractivity contribution in [1.29, 1.82) is 0 Å². The first-order valence-corrected chi connectivity index (χ1v) is 8.66. The zero-order valence-corrected chi connectivity index (χ0v) is 14.0. The minimum absolute atomic E-state index is 0.0748. The third-order valence-corrected chi connectivity index (χ3v) is 4.85. The summed E-state index contributed by atoms with van der Waals surface area (Å²) in [5.41, 5.74) is -1.13. The summed E-state index contributed by atoms with van der Waals surface area (Å²) in [5.74, 6) is -0.0748. The van der Waals surface area contributed by atoms with E-state index in [0.29, 0.717) is 12.1 Å². The minimum atomic E-state index is -4.63. The quantitative estimate of drug-likeness (QED) is 0.774. The summed E-state index contributed by atoms with van der Waals surface area (Å²) in [7, 11) is -3.84. The lowest BCUT2D eigenvalue weighted by Gasteiger charge is -2.14. The fourth-order valence-electron chi connectivity index (χ4n) is 1.68. The van der Waals surface area contributed by atoms with E-state index in [1.165, 1.54) is 12.3 Å². The number of hydrogen-bond donors (Lipinski definition) is 1. The third-order valence-electron chi connectivity index (χ3n) is 2.60. The van der Waals surface area contributed by atoms with E-state index >= 15 is 0 Å². The molecule has 0 radical (unpaired) electrons. The zero-order valence-electron chi connectivity index (χ0n) is 10.9. The van der Waals surface area contributed by atoms with Gasteiger partial charge in [-0.2, -0.15) is 18.3 Å². The molecule has 2 aromatic rings. The molecule has 2 rings (SSSR count). The fourth-order valence-corrected chi connectivity index (χ4v) is 3.02. The minimum Gasteiger partial charge on any atom is -0.266 e. The predicted octanol–water partition coefficient (Wildman–Crippen LogP) is 4.14. The molecule has 0 aliphatic heterocycles. The van der Waals surface area contributed by atoms with Gasteiger partial charge in [0.2, 0.25) is 10.0 Å². The molecule has 0 saturated carbocycles. The van der Waals surface area contributed by atoms with Crippen molar-refractivity contribution in [2.75, 3.05) is 9.93 Å². The van der Waals surface area contributed by atoms with E-state index in [9.17, 15) is 21.6 Å². The van der Waals surface area contributed by atoms with E-state index in [1.807, 2.05) is 0 Å². The maximum Gasteiger partial charge on any atom is 0.416 e. The summed E-state index contributed by atoms with van der Waals surface area (Å²) in [6.45, 7) is 0. The van der Waals surface area contributed by atoms with Crippen molar-refractivity contribution in [1.82, 2.24) is 9.78 Å². The Balaban J connectivity index is 2.55. The normalized spacial score (nSPS) is 12.4. The van der Waals surface area contributed by atoms with Crippen LogP contribution in [0.15, 0.2) is 24.4 Å². The molecule has 1 heterocycles. The van der Waals surface area contributed by atoms with E-state index in [4.69, 9.17) is 34.8 Å². The molecule has 0 aliphatic rings. The van der Waals surface area contributed by atoms with Gasteiger partial charge in [-0.1, -0.05) is 23.2 Å². The monoisotopic (exact) mass is 407 g/mol. The Labute approximate surface area is 144 Å². The highest BCUT2D eigenvalue weighted by Crippen LogP contribution is 2.38. The van der Waals surface area contributed by atoms with Crippen LogP contribution in [-0.2, 0) is 16.2 Å². The van der Waals surface area contributed by atoms with Gasteiger partial charge in [-0.05, 0) is 12.1 Å². The van der Waals surface area contributed by atoms with Crippen LogP contribution in [0.4, 0.5) is 19.0 Å². The summed E-state index contributed by atoms with van der Waals surface area (Å²) in [4.78, 5) is 0. The summed E-state index contributed by atoms with van der Waals surface area (Å²) in [5, 5.41) is 2.40. The van der Waals surface area contributed by atoms with Gasteiger partial charge in [0, 0.05) is 6.07 Å². The Morgan fingerprint density at radius 2 is 1.78 bits per heavy atom. The van der Waals surface area contributed by atoms with E-state index in [0.717, 1.165) is 4.68 Å². The smallest absolute Gasteiger partial charge is 0.266 e. The molecule has 0 saturated heterocycles. The van der Waals surface area contributed by atoms with Gasteiger partial charge < -0.3 is 0 Å². The molecule has 12 heteroatoms. The number of nitrogens with zero attached hydrogens (tertiary/aromatic N) is 2. The second-order valence-corrected chi connectivity index (χ2v) is 7.36. The number of benzene rings is 1. The highest BCUT2D eigenvalue weighted by atomic mass is 35.5. The van der Waals surface area contributed by atoms with Gasteiger partial charge in [0.15, 0.2) is 0 Å². The van der Waals surface area contributed by atoms with Crippen molar-refractivity contribution in [2.45, 2.75) is 6.18 Å². The first kappa shape index (κ1) is 18.2. The Morgan fingerprint density at radius 1 is 1.22 bits per heavy atom. The summed E-state index contributed by atoms with van der Waals surface area (Å²) < 4.78 is 64.3. The second kappa shape index (κ2) is 6.39. The number of anilines is 1. The third kappa shape index (κ3) is 4.03. The number of sulfonamides is 1. The lowest BCUT2D eigenvalue weighted by Crippen LogP contribution is -2.17. The lowest BCUT2D eigenvalue weighted by molar-refractivity contribution is -0.137. The van der Waals surface area contributed by atoms with Crippen LogP contribution in [0.1, 0.15) is 5.56 Å². The van der Waals surface area contributed by atoms with Gasteiger partial charge in [-0.15, -0.1) is 11.6 Å². The predicted molar refractivity (Wildman–Crippen MR) is 81.8 cm³/mol. The van der Waals surface area contributed by atoms with Gasteiger partial charge in [-0.25, -0.2) is 13.1 Å². The average molecular weight is 409 g/mol. The topological polar surface area (TPSA) is 64.0 Å². The van der Waals surface area contributed by atoms with Gasteiger partial charge >= 0.3 is 6.18 Å². The van der Waals surface area contributed by atoms with Crippen molar-refractivity contribution in [3.8, 4) is 5.69 Å². The Kier molecular flexibility index (Phi) is 5.05. The standard InChI is InChI=1S/C11H7Cl3F3N3O2S/c12-5-23(21,22)19-9-1-2-18-20(9)10-7(13)3-6(4-8(10)14)11(15,16)17/h1-4,19H,5H2. The van der Waals surface area contributed by atoms with Crippen LogP contribution in [0.25, 0.3) is 5.69 Å². The molecular weight excluding hydrogens is 402 g/mol. The highest BCUT2D eigenvalue weighted by Gasteiger charge is 2.32. The SMILES string of the molecule is O=S(=O)(CCl)Nc1ccnn1-c1c(Cl)cc(C(F)(F)F)cc1Cl. The molecule has 0 bridgehead atoms. The molecule has 1 N–H and O–H groups in total. The van der Waals surface area contributed by atoms with Gasteiger partial charge in [0.25, 0.3) is 0 Å². The van der Waals surface area contributed by atoms with Crippen LogP contribution < -0.4 is 4.72 Å². The molecule has 1 aromatic carbocycles. The Morgan fingerprint density at radius 3 is 2.26 bits per heavy atom. The number of rotatable bonds is 4. The van der Waals surface area contributed by atoms with Crippen molar-refractivity contribution >= 4 is 50.6 Å². The number of alkyl halides is 4. The van der Waals surface area contributed by atoms with Crippen molar-refractivity contribution in [3.05, 3.63) is 40.0 Å². The molecule has 0 atom stereocenters. The Bertz CT molecular complexity index is 814. The maximum absolute atomic E-state index is 12.7. The maximum atomic E-state index is 12.7. The first-order valence-electron chi connectivity index (χ1n) is 5.72. The lowest BCUT2D eigenvalue weighted by atomic mass is 10.2. The second-order valence-electron chi connectivity index (χ2n) is 4.24. The van der Waals surface area contributed by atoms with Crippen LogP contribution in [0.3, 0.4) is 0 Å². The first-order chi connectivity index (χ1) is 10.5. The van der Waals surface area contributed by atoms with E-state index in [-0.39, 0.29) is 21.6 Å². The molecule has 0 unspecified atom stereocenters. The summed E-state index contributed by atoms with van der Waals surface area (Å²) in [6.07, 6.45) is -3.41. The van der Waals surface area contributed by atoms with Crippen LogP contribution in [0.5, 0.6) is 0 Å². The largest absolute Gasteiger partial charge is 0.416 e. The van der Waals surface area contributed by atoms with Gasteiger partial charge in [-0.3, -0.25) is 4.72 Å². The number of hydrogen-bond acceptors (Lipinski definition) is 3. The molecule has 126 valence electrons. The fraction of sp³-hybridized carbons (Fsp3) is 0.182. The van der Waals surface area contributed by atoms with E-state index in [1.54, 1.807) is 0 Å². The molecule has 5 nitrogen and oxygen atoms in total. The van der Waals surface area contributed by atoms with Crippen LogP contribution in [-0.4, -0.2) is 23.4 Å². The van der Waals surface area contributed by atoms with Gasteiger partial charge in [0.1, 0.15) is 16.7 Å². The molecule has 23 heavy (non-hydrogen) atoms. The van der Waals surface area contributed by atoms with Crippen LogP contribution in [0.2, 0.25) is 10.0 Å². The van der Waals surface area contributed by atoms with Crippen molar-refractivity contribution in [2.24, 2.45) is 0 Å². The molecule has 1 aromatic heterocycles. The number of nitrogens with one attached hydrogen (secondary N) is 1. The molecule has 0 spiro atoms. The number of aromatic nitrogens is 2. The van der Waals surface area contributed by atoms with Crippen LogP contribution in [0, 0.1) is 0 Å². The molecule has 0 aliphatic carbocycles. The highest BCUT2D eigenvalue weighted by molar-refractivity contribution is 7.93. The zero-order chi connectivity index (χ0) is 17.4.